The van der Waals surface area contributed by atoms with Gasteiger partial charge in [0.2, 0.25) is 0 Å². The van der Waals surface area contributed by atoms with Crippen LogP contribution in [0, 0.1) is 16.0 Å². The monoisotopic (exact) mass is 326 g/mol. The zero-order valence-electron chi connectivity index (χ0n) is 11.9. The summed E-state index contributed by atoms with van der Waals surface area (Å²) in [5.74, 6) is -2.02. The number of amides is 1. The number of non-ortho nitro benzene ring substituents is 1. The lowest BCUT2D eigenvalue weighted by Crippen LogP contribution is -2.49. The molecule has 1 aromatic carbocycles. The maximum absolute atomic E-state index is 12.6. The SMILES string of the molecule is C[C@@H]1[C@H](C(=O)O)CCCN1C(=O)c1cc(Cl)cc([N+](=O)[O-])c1. The van der Waals surface area contributed by atoms with Gasteiger partial charge in [-0.25, -0.2) is 0 Å². The Morgan fingerprint density at radius 1 is 1.41 bits per heavy atom. The number of hydrogen-bond acceptors (Lipinski definition) is 4. The standard InChI is InChI=1S/C14H15ClN2O5/c1-8-12(14(19)20)3-2-4-16(8)13(18)9-5-10(15)7-11(6-9)17(21)22/h5-8,12H,2-4H2,1H3,(H,19,20)/t8-,12-/m1/s1. The van der Waals surface area contributed by atoms with E-state index in [1.54, 1.807) is 6.92 Å². The van der Waals surface area contributed by atoms with E-state index in [0.29, 0.717) is 19.4 Å². The molecule has 8 heteroatoms. The molecular formula is C14H15ClN2O5. The number of carboxylic acids is 1. The molecule has 0 aliphatic carbocycles. The van der Waals surface area contributed by atoms with Crippen LogP contribution in [0.5, 0.6) is 0 Å². The van der Waals surface area contributed by atoms with Crippen molar-refractivity contribution in [2.24, 2.45) is 5.92 Å². The van der Waals surface area contributed by atoms with Gasteiger partial charge in [-0.05, 0) is 25.8 Å². The Morgan fingerprint density at radius 2 is 2.09 bits per heavy atom. The van der Waals surface area contributed by atoms with Gasteiger partial charge in [0.05, 0.1) is 10.8 Å². The highest BCUT2D eigenvalue weighted by Crippen LogP contribution is 2.27. The van der Waals surface area contributed by atoms with Crippen molar-refractivity contribution in [3.63, 3.8) is 0 Å². The van der Waals surface area contributed by atoms with Gasteiger partial charge in [0.15, 0.2) is 0 Å². The summed E-state index contributed by atoms with van der Waals surface area (Å²) in [6.07, 6.45) is 1.09. The molecule has 22 heavy (non-hydrogen) atoms. The minimum atomic E-state index is -0.943. The number of carbonyl (C=O) groups excluding carboxylic acids is 1. The average Bonchev–Trinajstić information content (AvgIpc) is 2.45. The van der Waals surface area contributed by atoms with Crippen LogP contribution in [0.25, 0.3) is 0 Å². The van der Waals surface area contributed by atoms with E-state index < -0.39 is 28.8 Å². The fourth-order valence-corrected chi connectivity index (χ4v) is 2.96. The van der Waals surface area contributed by atoms with E-state index in [-0.39, 0.29) is 16.3 Å². The first kappa shape index (κ1) is 16.2. The van der Waals surface area contributed by atoms with Crippen molar-refractivity contribution in [3.05, 3.63) is 38.9 Å². The highest BCUT2D eigenvalue weighted by atomic mass is 35.5. The average molecular weight is 327 g/mol. The first-order valence-electron chi connectivity index (χ1n) is 6.80. The van der Waals surface area contributed by atoms with Crippen molar-refractivity contribution in [2.75, 3.05) is 6.54 Å². The molecule has 1 aliphatic rings. The number of rotatable bonds is 3. The molecule has 1 fully saturated rings. The maximum atomic E-state index is 12.6. The molecule has 1 aromatic rings. The highest BCUT2D eigenvalue weighted by molar-refractivity contribution is 6.31. The smallest absolute Gasteiger partial charge is 0.308 e. The van der Waals surface area contributed by atoms with Gasteiger partial charge in [-0.1, -0.05) is 11.6 Å². The lowest BCUT2D eigenvalue weighted by atomic mass is 9.90. The molecule has 1 heterocycles. The van der Waals surface area contributed by atoms with Crippen molar-refractivity contribution >= 4 is 29.2 Å². The summed E-state index contributed by atoms with van der Waals surface area (Å²) in [4.78, 5) is 35.4. The van der Waals surface area contributed by atoms with Crippen LogP contribution in [0.1, 0.15) is 30.1 Å². The van der Waals surface area contributed by atoms with Crippen molar-refractivity contribution < 1.29 is 19.6 Å². The van der Waals surface area contributed by atoms with Gasteiger partial charge < -0.3 is 10.0 Å². The number of nitro benzene ring substituents is 1. The Balaban J connectivity index is 2.31. The van der Waals surface area contributed by atoms with Crippen LogP contribution in [0.3, 0.4) is 0 Å². The normalized spacial score (nSPS) is 21.5. The van der Waals surface area contributed by atoms with E-state index in [9.17, 15) is 24.8 Å². The molecule has 1 saturated heterocycles. The van der Waals surface area contributed by atoms with E-state index in [2.05, 4.69) is 0 Å². The molecule has 0 spiro atoms. The first-order valence-corrected chi connectivity index (χ1v) is 7.18. The van der Waals surface area contributed by atoms with E-state index in [1.165, 1.54) is 11.0 Å². The quantitative estimate of drug-likeness (QED) is 0.679. The van der Waals surface area contributed by atoms with Gasteiger partial charge in [-0.15, -0.1) is 0 Å². The number of carbonyl (C=O) groups is 2. The van der Waals surface area contributed by atoms with Crippen LogP contribution >= 0.6 is 11.6 Å². The topological polar surface area (TPSA) is 101 Å². The number of aliphatic carboxylic acids is 1. The van der Waals surface area contributed by atoms with Crippen molar-refractivity contribution in [1.29, 1.82) is 0 Å². The van der Waals surface area contributed by atoms with Gasteiger partial charge in [0.1, 0.15) is 0 Å². The molecule has 7 nitrogen and oxygen atoms in total. The zero-order chi connectivity index (χ0) is 16.4. The van der Waals surface area contributed by atoms with Crippen LogP contribution in [-0.4, -0.2) is 39.4 Å². The zero-order valence-corrected chi connectivity index (χ0v) is 12.6. The number of hydrogen-bond donors (Lipinski definition) is 1. The van der Waals surface area contributed by atoms with Crippen LogP contribution in [0.2, 0.25) is 5.02 Å². The van der Waals surface area contributed by atoms with Gasteiger partial charge in [0, 0.05) is 35.3 Å². The third-order valence-electron chi connectivity index (χ3n) is 3.91. The van der Waals surface area contributed by atoms with Gasteiger partial charge in [-0.2, -0.15) is 0 Å². The Hall–Kier alpha value is -2.15. The number of likely N-dealkylation sites (tertiary alicyclic amines) is 1. The Kier molecular flexibility index (Phi) is 4.65. The van der Waals surface area contributed by atoms with Crippen LogP contribution in [0.4, 0.5) is 5.69 Å². The number of carboxylic acid groups (broad SMARTS) is 1. The lowest BCUT2D eigenvalue weighted by molar-refractivity contribution is -0.384. The van der Waals surface area contributed by atoms with E-state index >= 15 is 0 Å². The van der Waals surface area contributed by atoms with Crippen LogP contribution in [-0.2, 0) is 4.79 Å². The second-order valence-corrected chi connectivity index (χ2v) is 5.72. The predicted octanol–water partition coefficient (Wildman–Crippen LogP) is 2.57. The number of piperidine rings is 1. The molecule has 2 atom stereocenters. The second-order valence-electron chi connectivity index (χ2n) is 5.28. The minimum Gasteiger partial charge on any atom is -0.481 e. The number of nitrogens with zero attached hydrogens (tertiary/aromatic N) is 2. The summed E-state index contributed by atoms with van der Waals surface area (Å²) in [6.45, 7) is 2.10. The Labute approximate surface area is 131 Å². The number of nitro groups is 1. The minimum absolute atomic E-state index is 0.0944. The van der Waals surface area contributed by atoms with Gasteiger partial charge in [-0.3, -0.25) is 19.7 Å². The largest absolute Gasteiger partial charge is 0.481 e. The van der Waals surface area contributed by atoms with Crippen molar-refractivity contribution in [1.82, 2.24) is 4.90 Å². The fraction of sp³-hybridized carbons (Fsp3) is 0.429. The molecule has 1 amide bonds. The fourth-order valence-electron chi connectivity index (χ4n) is 2.73. The third kappa shape index (κ3) is 3.19. The van der Waals surface area contributed by atoms with E-state index in [1.807, 2.05) is 0 Å². The van der Waals surface area contributed by atoms with Crippen molar-refractivity contribution in [2.45, 2.75) is 25.8 Å². The molecule has 1 N–H and O–H groups in total. The Bertz CT molecular complexity index is 634. The van der Waals surface area contributed by atoms with E-state index in [0.717, 1.165) is 12.1 Å². The molecule has 0 bridgehead atoms. The molecule has 0 radical (unpaired) electrons. The Morgan fingerprint density at radius 3 is 2.68 bits per heavy atom. The van der Waals surface area contributed by atoms with Gasteiger partial charge >= 0.3 is 5.97 Å². The predicted molar refractivity (Wildman–Crippen MR) is 79.0 cm³/mol. The van der Waals surface area contributed by atoms with Crippen LogP contribution in [0.15, 0.2) is 18.2 Å². The molecule has 0 unspecified atom stereocenters. The van der Waals surface area contributed by atoms with Crippen molar-refractivity contribution in [3.8, 4) is 0 Å². The first-order chi connectivity index (χ1) is 10.3. The number of halogens is 1. The summed E-state index contributed by atoms with van der Waals surface area (Å²) in [5, 5.41) is 20.1. The highest BCUT2D eigenvalue weighted by Gasteiger charge is 2.36. The second kappa shape index (κ2) is 6.31. The molecule has 2 rings (SSSR count). The lowest BCUT2D eigenvalue weighted by Gasteiger charge is -2.37. The summed E-state index contributed by atoms with van der Waals surface area (Å²) < 4.78 is 0. The maximum Gasteiger partial charge on any atom is 0.308 e. The number of benzene rings is 1. The molecule has 0 saturated carbocycles. The summed E-state index contributed by atoms with van der Waals surface area (Å²) in [6, 6.07) is 3.20. The molecule has 118 valence electrons. The third-order valence-corrected chi connectivity index (χ3v) is 4.12. The molecule has 1 aliphatic heterocycles. The molecule has 0 aromatic heterocycles. The summed E-state index contributed by atoms with van der Waals surface area (Å²) in [7, 11) is 0. The summed E-state index contributed by atoms with van der Waals surface area (Å²) in [5.41, 5.74) is -0.174. The molecular weight excluding hydrogens is 312 g/mol. The van der Waals surface area contributed by atoms with Gasteiger partial charge in [0.25, 0.3) is 11.6 Å². The summed E-state index contributed by atoms with van der Waals surface area (Å²) >= 11 is 5.82. The van der Waals surface area contributed by atoms with E-state index in [4.69, 9.17) is 11.6 Å². The van der Waals surface area contributed by atoms with Crippen LogP contribution < -0.4 is 0 Å².